The molecule has 12 atom stereocenters. The average Bonchev–Trinajstić information content (AvgIpc) is 3.32. The van der Waals surface area contributed by atoms with Crippen molar-refractivity contribution in [2.24, 2.45) is 0 Å². The fourth-order valence-corrected chi connectivity index (χ4v) is 7.67. The Bertz CT molecular complexity index is 1450. The highest BCUT2D eigenvalue weighted by Gasteiger charge is 2.51. The lowest BCUT2D eigenvalue weighted by Crippen LogP contribution is -2.65. The normalized spacial score (nSPS) is 27.3. The van der Waals surface area contributed by atoms with Gasteiger partial charge in [-0.05, 0) is 70.6 Å². The third-order valence-corrected chi connectivity index (χ3v) is 11.8. The maximum absolute atomic E-state index is 13.1. The number of carbonyl (C=O) groups is 1. The van der Waals surface area contributed by atoms with Crippen LogP contribution < -0.4 is 5.32 Å². The van der Waals surface area contributed by atoms with Gasteiger partial charge in [-0.25, -0.2) is 0 Å². The van der Waals surface area contributed by atoms with Gasteiger partial charge in [0, 0.05) is 6.42 Å². The van der Waals surface area contributed by atoms with Crippen molar-refractivity contribution in [3.8, 4) is 0 Å². The van der Waals surface area contributed by atoms with E-state index in [1.807, 2.05) is 6.08 Å². The van der Waals surface area contributed by atoms with E-state index in [0.717, 1.165) is 83.5 Å². The number of aliphatic hydroxyl groups excluding tert-OH is 8. The third-order valence-electron chi connectivity index (χ3n) is 11.8. The quantitative estimate of drug-likeness (QED) is 0.0237. The summed E-state index contributed by atoms with van der Waals surface area (Å²) in [5.41, 5.74) is 0. The van der Waals surface area contributed by atoms with Crippen LogP contribution in [0.5, 0.6) is 0 Å². The second kappa shape index (κ2) is 39.0. The summed E-state index contributed by atoms with van der Waals surface area (Å²) in [4.78, 5) is 13.1. The Hall–Kier alpha value is -2.83. The fourth-order valence-electron chi connectivity index (χ4n) is 7.67. The number of allylic oxidation sites excluding steroid dienone is 13. The van der Waals surface area contributed by atoms with Gasteiger partial charge in [0.25, 0.3) is 0 Å². The highest BCUT2D eigenvalue weighted by atomic mass is 16.7. The van der Waals surface area contributed by atoms with Crippen LogP contribution in [0.15, 0.2) is 85.1 Å². The molecular formula is C53H89NO13. The van der Waals surface area contributed by atoms with E-state index in [-0.39, 0.29) is 18.9 Å². The van der Waals surface area contributed by atoms with Crippen LogP contribution in [0.1, 0.15) is 149 Å². The van der Waals surface area contributed by atoms with Crippen LogP contribution in [0.4, 0.5) is 0 Å². The van der Waals surface area contributed by atoms with Crippen LogP contribution in [-0.2, 0) is 23.7 Å². The average molecular weight is 948 g/mol. The van der Waals surface area contributed by atoms with E-state index in [4.69, 9.17) is 18.9 Å². The molecule has 0 aromatic carbocycles. The molecule has 0 aliphatic carbocycles. The minimum absolute atomic E-state index is 0.260. The molecule has 0 saturated carbocycles. The molecule has 2 fully saturated rings. The molecule has 0 bridgehead atoms. The van der Waals surface area contributed by atoms with Crippen LogP contribution in [0, 0.1) is 0 Å². The maximum Gasteiger partial charge on any atom is 0.220 e. The molecule has 0 spiro atoms. The van der Waals surface area contributed by atoms with Gasteiger partial charge in [-0.1, -0.05) is 157 Å². The summed E-state index contributed by atoms with van der Waals surface area (Å²) in [7, 11) is 0. The van der Waals surface area contributed by atoms with E-state index in [2.05, 4.69) is 92.1 Å². The first-order valence-electron chi connectivity index (χ1n) is 25.3. The Balaban J connectivity index is 1.74. The van der Waals surface area contributed by atoms with Crippen molar-refractivity contribution < 1.29 is 64.6 Å². The van der Waals surface area contributed by atoms with E-state index in [1.165, 1.54) is 32.1 Å². The molecule has 2 rings (SSSR count). The second-order valence-electron chi connectivity index (χ2n) is 17.6. The molecule has 2 saturated heterocycles. The van der Waals surface area contributed by atoms with E-state index in [9.17, 15) is 45.6 Å². The summed E-state index contributed by atoms with van der Waals surface area (Å²) in [5.74, 6) is -0.265. The molecule has 67 heavy (non-hydrogen) atoms. The molecule has 14 heteroatoms. The number of amides is 1. The predicted molar refractivity (Wildman–Crippen MR) is 263 cm³/mol. The van der Waals surface area contributed by atoms with Crippen molar-refractivity contribution in [1.82, 2.24) is 5.32 Å². The molecule has 0 aromatic rings. The Morgan fingerprint density at radius 2 is 1.04 bits per heavy atom. The lowest BCUT2D eigenvalue weighted by atomic mass is 9.97. The first-order chi connectivity index (χ1) is 32.6. The number of hydrogen-bond donors (Lipinski definition) is 9. The number of hydrogen-bond acceptors (Lipinski definition) is 13. The molecule has 384 valence electrons. The van der Waals surface area contributed by atoms with Crippen molar-refractivity contribution in [2.75, 3.05) is 19.8 Å². The molecule has 2 aliphatic rings. The molecule has 0 aromatic heterocycles. The summed E-state index contributed by atoms with van der Waals surface area (Å²) in [6.45, 7) is 2.54. The zero-order chi connectivity index (χ0) is 48.9. The molecule has 12 unspecified atom stereocenters. The zero-order valence-electron chi connectivity index (χ0n) is 40.6. The Kier molecular flexibility index (Phi) is 35.1. The lowest BCUT2D eigenvalue weighted by molar-refractivity contribution is -0.359. The summed E-state index contributed by atoms with van der Waals surface area (Å²) < 4.78 is 22.6. The largest absolute Gasteiger partial charge is 0.394 e. The van der Waals surface area contributed by atoms with Gasteiger partial charge < -0.3 is 65.1 Å². The van der Waals surface area contributed by atoms with Gasteiger partial charge in [0.2, 0.25) is 5.91 Å². The monoisotopic (exact) mass is 948 g/mol. The fraction of sp³-hybridized carbons (Fsp3) is 0.717. The van der Waals surface area contributed by atoms with Gasteiger partial charge in [-0.15, -0.1) is 0 Å². The second-order valence-corrected chi connectivity index (χ2v) is 17.6. The lowest BCUT2D eigenvalue weighted by Gasteiger charge is -2.46. The first kappa shape index (κ1) is 60.3. The van der Waals surface area contributed by atoms with Gasteiger partial charge in [0.05, 0.1) is 32.0 Å². The smallest absolute Gasteiger partial charge is 0.220 e. The van der Waals surface area contributed by atoms with Crippen molar-refractivity contribution in [3.05, 3.63) is 85.1 Å². The topological polar surface area (TPSA) is 228 Å². The summed E-state index contributed by atoms with van der Waals surface area (Å²) in [5, 5.41) is 86.4. The Morgan fingerprint density at radius 3 is 1.64 bits per heavy atom. The van der Waals surface area contributed by atoms with Crippen molar-refractivity contribution in [1.29, 1.82) is 0 Å². The van der Waals surface area contributed by atoms with Crippen molar-refractivity contribution in [2.45, 2.75) is 222 Å². The molecule has 9 N–H and O–H groups in total. The van der Waals surface area contributed by atoms with Crippen molar-refractivity contribution >= 4 is 5.91 Å². The number of ether oxygens (including phenoxy) is 4. The van der Waals surface area contributed by atoms with Crippen LogP contribution in [0.2, 0.25) is 0 Å². The minimum atomic E-state index is -1.79. The Labute approximate surface area is 401 Å². The number of aliphatic hydroxyl groups is 8. The van der Waals surface area contributed by atoms with Crippen LogP contribution in [0.25, 0.3) is 0 Å². The third kappa shape index (κ3) is 26.1. The van der Waals surface area contributed by atoms with Gasteiger partial charge in [-0.2, -0.15) is 0 Å². The molecule has 14 nitrogen and oxygen atoms in total. The molecular weight excluding hydrogens is 859 g/mol. The predicted octanol–water partition coefficient (Wildman–Crippen LogP) is 6.60. The number of unbranched alkanes of at least 4 members (excludes halogenated alkanes) is 12. The molecule has 2 aliphatic heterocycles. The summed E-state index contributed by atoms with van der Waals surface area (Å²) >= 11 is 0. The Morgan fingerprint density at radius 1 is 0.552 bits per heavy atom. The highest BCUT2D eigenvalue weighted by Crippen LogP contribution is 2.30. The highest BCUT2D eigenvalue weighted by molar-refractivity contribution is 5.76. The standard InChI is InChI=1S/C53H89NO13/c1-3-5-7-9-11-13-14-15-16-17-18-19-20-21-22-23-24-25-26-27-28-29-31-33-35-37-45(58)54-41(42(57)36-34-32-30-12-10-8-6-4-2)40-64-52-50(63)48(61)51(44(39-56)66-52)67-53-49(62)47(60)46(59)43(38-55)65-53/h5,7,10-13,15-16,18-19,21-22,34,36,41-44,46-53,55-57,59-63H,3-4,6,8-9,14,17,20,23-33,35,37-40H2,1-2H3,(H,54,58)/b7-5-,12-10+,13-11-,16-15-,19-18-,22-21-,36-34+. The maximum atomic E-state index is 13.1. The summed E-state index contributed by atoms with van der Waals surface area (Å²) in [6.07, 6.45) is 33.7. The van der Waals surface area contributed by atoms with Crippen molar-refractivity contribution in [3.63, 3.8) is 0 Å². The molecule has 0 radical (unpaired) electrons. The SMILES string of the molecule is CC/C=C\C/C=C\C/C=C\C/C=C\C/C=C\CCCCCCCCCCCC(=O)NC(COC1OC(CO)C(OC2OC(CO)C(O)C(O)C2O)C(O)C1O)C(O)/C=C/CC/C=C/CCCC. The number of nitrogens with one attached hydrogen (secondary N) is 1. The molecule has 1 amide bonds. The van der Waals surface area contributed by atoms with Crippen LogP contribution >= 0.6 is 0 Å². The van der Waals surface area contributed by atoms with Gasteiger partial charge >= 0.3 is 0 Å². The zero-order valence-corrected chi connectivity index (χ0v) is 40.6. The molecule has 2 heterocycles. The van der Waals surface area contributed by atoms with E-state index < -0.39 is 86.8 Å². The first-order valence-corrected chi connectivity index (χ1v) is 25.3. The van der Waals surface area contributed by atoms with Gasteiger partial charge in [0.1, 0.15) is 48.8 Å². The van der Waals surface area contributed by atoms with E-state index in [1.54, 1.807) is 6.08 Å². The van der Waals surface area contributed by atoms with Crippen LogP contribution in [0.3, 0.4) is 0 Å². The minimum Gasteiger partial charge on any atom is -0.394 e. The number of carbonyl (C=O) groups excluding carboxylic acids is 1. The van der Waals surface area contributed by atoms with E-state index >= 15 is 0 Å². The number of rotatable bonds is 37. The van der Waals surface area contributed by atoms with E-state index in [0.29, 0.717) is 12.8 Å². The summed E-state index contributed by atoms with van der Waals surface area (Å²) in [6, 6.07) is -0.937. The van der Waals surface area contributed by atoms with Gasteiger partial charge in [0.15, 0.2) is 12.6 Å². The van der Waals surface area contributed by atoms with Gasteiger partial charge in [-0.3, -0.25) is 4.79 Å². The van der Waals surface area contributed by atoms with Crippen LogP contribution in [-0.4, -0.2) is 140 Å².